The Hall–Kier alpha value is -1.66. The number of nitro benzene ring substituents is 1. The predicted molar refractivity (Wildman–Crippen MR) is 82.4 cm³/mol. The molecule has 3 N–H and O–H groups in total. The molecule has 0 unspecified atom stereocenters. The van der Waals surface area contributed by atoms with Crippen molar-refractivity contribution in [3.8, 4) is 0 Å². The third-order valence-corrected chi connectivity index (χ3v) is 3.62. The molecule has 116 valence electrons. The van der Waals surface area contributed by atoms with Gasteiger partial charge in [0.25, 0.3) is 5.69 Å². The predicted octanol–water partition coefficient (Wildman–Crippen LogP) is 1.95. The lowest BCUT2D eigenvalue weighted by Crippen LogP contribution is -2.41. The van der Waals surface area contributed by atoms with E-state index in [4.69, 9.17) is 5.73 Å². The lowest BCUT2D eigenvalue weighted by Gasteiger charge is -2.26. The van der Waals surface area contributed by atoms with Gasteiger partial charge in [-0.1, -0.05) is 12.1 Å². The number of rotatable bonds is 4. The summed E-state index contributed by atoms with van der Waals surface area (Å²) in [5, 5.41) is 13.7. The van der Waals surface area contributed by atoms with Crippen LogP contribution in [0.15, 0.2) is 24.3 Å². The van der Waals surface area contributed by atoms with Crippen molar-refractivity contribution in [1.82, 2.24) is 5.32 Å². The average molecular weight is 314 g/mol. The quantitative estimate of drug-likeness (QED) is 0.655. The molecule has 21 heavy (non-hydrogen) atoms. The van der Waals surface area contributed by atoms with Crippen LogP contribution in [0.4, 0.5) is 5.69 Å². The monoisotopic (exact) mass is 313 g/mol. The Morgan fingerprint density at radius 1 is 1.33 bits per heavy atom. The molecule has 0 atom stereocenters. The highest BCUT2D eigenvalue weighted by atomic mass is 35.5. The fraction of sp³-hybridized carbons (Fsp3) is 0.500. The smallest absolute Gasteiger partial charge is 0.269 e. The van der Waals surface area contributed by atoms with Gasteiger partial charge in [-0.05, 0) is 31.2 Å². The molecular formula is C14H20ClN3O3. The first-order valence-corrected chi connectivity index (χ1v) is 6.83. The number of hydrogen-bond acceptors (Lipinski definition) is 4. The van der Waals surface area contributed by atoms with Gasteiger partial charge in [-0.2, -0.15) is 0 Å². The van der Waals surface area contributed by atoms with E-state index in [9.17, 15) is 14.9 Å². The van der Waals surface area contributed by atoms with Crippen molar-refractivity contribution >= 4 is 24.0 Å². The van der Waals surface area contributed by atoms with E-state index in [0.29, 0.717) is 5.56 Å². The van der Waals surface area contributed by atoms with Crippen molar-refractivity contribution in [2.75, 3.05) is 0 Å². The molecule has 0 saturated heterocycles. The van der Waals surface area contributed by atoms with Gasteiger partial charge in [-0.3, -0.25) is 14.9 Å². The number of carbonyl (C=O) groups is 1. The summed E-state index contributed by atoms with van der Waals surface area (Å²) in [6, 6.07) is 6.62. The summed E-state index contributed by atoms with van der Waals surface area (Å²) in [4.78, 5) is 22.2. The van der Waals surface area contributed by atoms with E-state index in [1.54, 1.807) is 12.1 Å². The van der Waals surface area contributed by atoms with Gasteiger partial charge in [-0.15, -0.1) is 12.4 Å². The van der Waals surface area contributed by atoms with Crippen LogP contribution in [0, 0.1) is 10.1 Å². The topological polar surface area (TPSA) is 98.3 Å². The van der Waals surface area contributed by atoms with Crippen molar-refractivity contribution < 1.29 is 9.72 Å². The first-order valence-electron chi connectivity index (χ1n) is 6.83. The van der Waals surface area contributed by atoms with Crippen molar-refractivity contribution in [2.24, 2.45) is 5.73 Å². The third-order valence-electron chi connectivity index (χ3n) is 3.62. The van der Waals surface area contributed by atoms with Crippen molar-refractivity contribution in [3.05, 3.63) is 39.9 Å². The summed E-state index contributed by atoms with van der Waals surface area (Å²) in [7, 11) is 0. The maximum absolute atomic E-state index is 11.9. The molecule has 7 heteroatoms. The van der Waals surface area contributed by atoms with Gasteiger partial charge in [0.05, 0.1) is 11.3 Å². The molecule has 1 aromatic carbocycles. The summed E-state index contributed by atoms with van der Waals surface area (Å²) in [5.41, 5.74) is 6.49. The zero-order chi connectivity index (χ0) is 14.5. The van der Waals surface area contributed by atoms with Gasteiger partial charge < -0.3 is 11.1 Å². The van der Waals surface area contributed by atoms with Crippen LogP contribution >= 0.6 is 12.4 Å². The molecule has 0 aliphatic heterocycles. The van der Waals surface area contributed by atoms with E-state index >= 15 is 0 Å². The first-order chi connectivity index (χ1) is 9.54. The molecule has 2 rings (SSSR count). The molecule has 0 bridgehead atoms. The van der Waals surface area contributed by atoms with E-state index in [-0.39, 0.29) is 42.5 Å². The Balaban J connectivity index is 0.00000220. The van der Waals surface area contributed by atoms with Gasteiger partial charge in [0.2, 0.25) is 5.91 Å². The number of carbonyl (C=O) groups excluding carboxylic acids is 1. The number of amides is 1. The van der Waals surface area contributed by atoms with Gasteiger partial charge in [0, 0.05) is 24.2 Å². The highest BCUT2D eigenvalue weighted by Crippen LogP contribution is 2.17. The van der Waals surface area contributed by atoms with Gasteiger partial charge in [-0.25, -0.2) is 0 Å². The third kappa shape index (κ3) is 5.32. The number of halogens is 1. The molecule has 1 saturated carbocycles. The number of non-ortho nitro benzene ring substituents is 1. The zero-order valence-electron chi connectivity index (χ0n) is 11.7. The molecular weight excluding hydrogens is 294 g/mol. The fourth-order valence-electron chi connectivity index (χ4n) is 2.51. The van der Waals surface area contributed by atoms with E-state index < -0.39 is 4.92 Å². The molecule has 1 aliphatic rings. The lowest BCUT2D eigenvalue weighted by molar-refractivity contribution is -0.384. The molecule has 6 nitrogen and oxygen atoms in total. The summed E-state index contributed by atoms with van der Waals surface area (Å²) >= 11 is 0. The van der Waals surface area contributed by atoms with Gasteiger partial charge in [0.1, 0.15) is 0 Å². The molecule has 0 aromatic heterocycles. The van der Waals surface area contributed by atoms with E-state index in [0.717, 1.165) is 25.7 Å². The Morgan fingerprint density at radius 3 is 2.62 bits per heavy atom. The van der Waals surface area contributed by atoms with Crippen LogP contribution < -0.4 is 11.1 Å². The molecule has 1 fully saturated rings. The van der Waals surface area contributed by atoms with Crippen LogP contribution in [0.1, 0.15) is 31.2 Å². The zero-order valence-corrected chi connectivity index (χ0v) is 12.5. The van der Waals surface area contributed by atoms with Crippen molar-refractivity contribution in [2.45, 2.75) is 44.2 Å². The minimum absolute atomic E-state index is 0. The largest absolute Gasteiger partial charge is 0.353 e. The highest BCUT2D eigenvalue weighted by Gasteiger charge is 2.20. The number of hydrogen-bond donors (Lipinski definition) is 2. The minimum Gasteiger partial charge on any atom is -0.353 e. The molecule has 1 aliphatic carbocycles. The SMILES string of the molecule is Cl.NC1CCC(NC(=O)Cc2cccc([N+](=O)[O-])c2)CC1. The van der Waals surface area contributed by atoms with E-state index in [1.807, 2.05) is 0 Å². The average Bonchev–Trinajstić information content (AvgIpc) is 2.41. The lowest BCUT2D eigenvalue weighted by atomic mass is 9.91. The second kappa shape index (κ2) is 7.95. The van der Waals surface area contributed by atoms with Crippen molar-refractivity contribution in [1.29, 1.82) is 0 Å². The summed E-state index contributed by atoms with van der Waals surface area (Å²) in [6.07, 6.45) is 3.84. The normalized spacial score (nSPS) is 21.2. The maximum Gasteiger partial charge on any atom is 0.269 e. The Labute approximate surface area is 129 Å². The van der Waals surface area contributed by atoms with Crippen molar-refractivity contribution in [3.63, 3.8) is 0 Å². The number of nitro groups is 1. The first kappa shape index (κ1) is 17.4. The van der Waals surface area contributed by atoms with Crippen LogP contribution in [0.3, 0.4) is 0 Å². The molecule has 0 radical (unpaired) electrons. The Morgan fingerprint density at radius 2 is 2.00 bits per heavy atom. The standard InChI is InChI=1S/C14H19N3O3.ClH/c15-11-4-6-12(7-5-11)16-14(18)9-10-2-1-3-13(8-10)17(19)20;/h1-3,8,11-12H,4-7,9,15H2,(H,16,18);1H. The minimum atomic E-state index is -0.454. The van der Waals surface area contributed by atoms with Crippen LogP contribution in [-0.2, 0) is 11.2 Å². The fourth-order valence-corrected chi connectivity index (χ4v) is 2.51. The Bertz CT molecular complexity index is 502. The summed E-state index contributed by atoms with van der Waals surface area (Å²) in [6.45, 7) is 0. The number of benzene rings is 1. The molecule has 1 amide bonds. The Kier molecular flexibility index (Phi) is 6.58. The summed E-state index contributed by atoms with van der Waals surface area (Å²) in [5.74, 6) is -0.0917. The number of nitrogens with zero attached hydrogens (tertiary/aromatic N) is 1. The summed E-state index contributed by atoms with van der Waals surface area (Å²) < 4.78 is 0. The van der Waals surface area contributed by atoms with Gasteiger partial charge >= 0.3 is 0 Å². The molecule has 1 aromatic rings. The molecule has 0 spiro atoms. The highest BCUT2D eigenvalue weighted by molar-refractivity contribution is 5.85. The van der Waals surface area contributed by atoms with E-state index in [2.05, 4.69) is 5.32 Å². The van der Waals surface area contributed by atoms with E-state index in [1.165, 1.54) is 12.1 Å². The molecule has 0 heterocycles. The maximum atomic E-state index is 11.9. The second-order valence-electron chi connectivity index (χ2n) is 5.28. The van der Waals surface area contributed by atoms with Crippen LogP contribution in [0.25, 0.3) is 0 Å². The number of nitrogens with two attached hydrogens (primary N) is 1. The van der Waals surface area contributed by atoms with Crippen LogP contribution in [-0.4, -0.2) is 22.9 Å². The van der Waals surface area contributed by atoms with Crippen LogP contribution in [0.2, 0.25) is 0 Å². The number of nitrogens with one attached hydrogen (secondary N) is 1. The second-order valence-corrected chi connectivity index (χ2v) is 5.28. The van der Waals surface area contributed by atoms with Crippen LogP contribution in [0.5, 0.6) is 0 Å². The van der Waals surface area contributed by atoms with Gasteiger partial charge in [0.15, 0.2) is 0 Å².